The first-order valence-corrected chi connectivity index (χ1v) is 6.35. The molecule has 2 rings (SSSR count). The zero-order chi connectivity index (χ0) is 13.8. The Hall–Kier alpha value is -1.82. The highest BCUT2D eigenvalue weighted by molar-refractivity contribution is 5.87. The maximum atomic E-state index is 11.5. The predicted octanol–water partition coefficient (Wildman–Crippen LogP) is 0.936. The van der Waals surface area contributed by atoms with E-state index in [1.54, 1.807) is 13.1 Å². The van der Waals surface area contributed by atoms with Crippen LogP contribution in [0.15, 0.2) is 16.7 Å². The van der Waals surface area contributed by atoms with Crippen molar-refractivity contribution in [1.29, 1.82) is 0 Å². The van der Waals surface area contributed by atoms with E-state index in [0.717, 1.165) is 25.9 Å². The summed E-state index contributed by atoms with van der Waals surface area (Å²) in [5, 5.41) is 11.5. The lowest BCUT2D eigenvalue weighted by molar-refractivity contribution is -0.125. The average molecular weight is 266 g/mol. The number of carboxylic acid groups (broad SMARTS) is 1. The molecule has 0 unspecified atom stereocenters. The van der Waals surface area contributed by atoms with E-state index in [1.165, 1.54) is 6.26 Å². The van der Waals surface area contributed by atoms with Gasteiger partial charge in [0.25, 0.3) is 0 Å². The molecule has 1 aliphatic rings. The molecule has 1 aromatic rings. The van der Waals surface area contributed by atoms with Crippen LogP contribution in [0.25, 0.3) is 0 Å². The molecule has 1 fully saturated rings. The van der Waals surface area contributed by atoms with E-state index in [1.807, 2.05) is 0 Å². The molecule has 1 saturated heterocycles. The largest absolute Gasteiger partial charge is 0.478 e. The minimum atomic E-state index is -0.978. The van der Waals surface area contributed by atoms with Gasteiger partial charge in [0, 0.05) is 13.0 Å². The third kappa shape index (κ3) is 3.35. The number of carbonyl (C=O) groups is 2. The number of hydrogen-bond donors (Lipinski definition) is 2. The van der Waals surface area contributed by atoms with Gasteiger partial charge in [-0.05, 0) is 32.0 Å². The van der Waals surface area contributed by atoms with Crippen LogP contribution in [0.3, 0.4) is 0 Å². The molecule has 6 nitrogen and oxygen atoms in total. The second-order valence-corrected chi connectivity index (χ2v) is 4.77. The Kier molecular flexibility index (Phi) is 4.21. The summed E-state index contributed by atoms with van der Waals surface area (Å²) in [5.74, 6) is -0.137. The number of amides is 1. The summed E-state index contributed by atoms with van der Waals surface area (Å²) in [5.41, 5.74) is 0.176. The number of rotatable bonds is 4. The summed E-state index contributed by atoms with van der Waals surface area (Å²) in [4.78, 5) is 24.4. The van der Waals surface area contributed by atoms with Crippen molar-refractivity contribution in [2.75, 3.05) is 20.1 Å². The quantitative estimate of drug-likeness (QED) is 0.847. The van der Waals surface area contributed by atoms with Gasteiger partial charge in [-0.25, -0.2) is 4.79 Å². The highest BCUT2D eigenvalue weighted by atomic mass is 16.4. The molecule has 2 N–H and O–H groups in total. The summed E-state index contributed by atoms with van der Waals surface area (Å²) in [6.45, 7) is 2.23. The Bertz CT molecular complexity index is 461. The van der Waals surface area contributed by atoms with Gasteiger partial charge in [0.1, 0.15) is 12.0 Å². The Labute approximate surface area is 111 Å². The van der Waals surface area contributed by atoms with Crippen LogP contribution in [0.2, 0.25) is 0 Å². The van der Waals surface area contributed by atoms with Gasteiger partial charge in [-0.3, -0.25) is 9.69 Å². The van der Waals surface area contributed by atoms with Crippen LogP contribution in [0.4, 0.5) is 0 Å². The molecule has 0 saturated carbocycles. The van der Waals surface area contributed by atoms with Crippen LogP contribution in [0.1, 0.15) is 29.0 Å². The second kappa shape index (κ2) is 5.88. The minimum Gasteiger partial charge on any atom is -0.478 e. The van der Waals surface area contributed by atoms with Gasteiger partial charge in [0.15, 0.2) is 0 Å². The van der Waals surface area contributed by atoms with E-state index in [9.17, 15) is 9.59 Å². The van der Waals surface area contributed by atoms with E-state index in [0.29, 0.717) is 12.3 Å². The van der Waals surface area contributed by atoms with Crippen LogP contribution < -0.4 is 5.32 Å². The first-order valence-electron chi connectivity index (χ1n) is 6.35. The molecule has 1 aliphatic heterocycles. The molecule has 1 aromatic heterocycles. The molecule has 2 heterocycles. The first-order chi connectivity index (χ1) is 9.10. The number of carbonyl (C=O) groups excluding carboxylic acids is 1. The van der Waals surface area contributed by atoms with Gasteiger partial charge in [0.2, 0.25) is 5.91 Å². The number of likely N-dealkylation sites (tertiary alicyclic amines) is 1. The maximum Gasteiger partial charge on any atom is 0.338 e. The van der Waals surface area contributed by atoms with Crippen LogP contribution in [0.5, 0.6) is 0 Å². The molecular weight excluding hydrogens is 248 g/mol. The van der Waals surface area contributed by atoms with Crippen molar-refractivity contribution in [3.05, 3.63) is 23.7 Å². The number of nitrogens with zero attached hydrogens (tertiary/aromatic N) is 1. The predicted molar refractivity (Wildman–Crippen MR) is 67.7 cm³/mol. The minimum absolute atomic E-state index is 0.0902. The fourth-order valence-electron chi connectivity index (χ4n) is 2.35. The smallest absolute Gasteiger partial charge is 0.338 e. The molecule has 1 amide bonds. The van der Waals surface area contributed by atoms with E-state index >= 15 is 0 Å². The number of carboxylic acids is 1. The summed E-state index contributed by atoms with van der Waals surface area (Å²) >= 11 is 0. The molecule has 104 valence electrons. The van der Waals surface area contributed by atoms with Crippen molar-refractivity contribution in [2.45, 2.75) is 19.4 Å². The van der Waals surface area contributed by atoms with Crippen LogP contribution in [-0.4, -0.2) is 42.0 Å². The van der Waals surface area contributed by atoms with Crippen molar-refractivity contribution < 1.29 is 19.1 Å². The zero-order valence-corrected chi connectivity index (χ0v) is 10.9. The monoisotopic (exact) mass is 266 g/mol. The highest BCUT2D eigenvalue weighted by Crippen LogP contribution is 2.20. The van der Waals surface area contributed by atoms with E-state index in [4.69, 9.17) is 9.52 Å². The van der Waals surface area contributed by atoms with Crippen molar-refractivity contribution >= 4 is 11.9 Å². The van der Waals surface area contributed by atoms with Crippen molar-refractivity contribution in [2.24, 2.45) is 5.92 Å². The van der Waals surface area contributed by atoms with Gasteiger partial charge in [-0.15, -0.1) is 0 Å². The topological polar surface area (TPSA) is 82.8 Å². The van der Waals surface area contributed by atoms with Gasteiger partial charge < -0.3 is 14.8 Å². The van der Waals surface area contributed by atoms with Crippen molar-refractivity contribution in [1.82, 2.24) is 10.2 Å². The highest BCUT2D eigenvalue weighted by Gasteiger charge is 2.24. The Morgan fingerprint density at radius 1 is 1.47 bits per heavy atom. The number of hydrogen-bond acceptors (Lipinski definition) is 4. The van der Waals surface area contributed by atoms with E-state index < -0.39 is 5.97 Å². The third-order valence-corrected chi connectivity index (χ3v) is 3.48. The molecule has 6 heteroatoms. The Morgan fingerprint density at radius 2 is 2.16 bits per heavy atom. The van der Waals surface area contributed by atoms with Crippen LogP contribution in [-0.2, 0) is 11.3 Å². The molecule has 0 aromatic carbocycles. The van der Waals surface area contributed by atoms with E-state index in [2.05, 4.69) is 10.2 Å². The SMILES string of the molecule is CNC(=O)C1CCN(Cc2cc(C(=O)O)co2)CC1. The summed E-state index contributed by atoms with van der Waals surface area (Å²) in [6.07, 6.45) is 2.91. The van der Waals surface area contributed by atoms with Crippen LogP contribution >= 0.6 is 0 Å². The standard InChI is InChI=1S/C13H18N2O4/c1-14-12(16)9-2-4-15(5-3-9)7-11-6-10(8-19-11)13(17)18/h6,8-9H,2-5,7H2,1H3,(H,14,16)(H,17,18). The normalized spacial score (nSPS) is 17.3. The number of piperidine rings is 1. The second-order valence-electron chi connectivity index (χ2n) is 4.77. The van der Waals surface area contributed by atoms with Gasteiger partial charge in [-0.1, -0.05) is 0 Å². The summed E-state index contributed by atoms with van der Waals surface area (Å²) in [6, 6.07) is 1.55. The molecule has 0 atom stereocenters. The number of nitrogens with one attached hydrogen (secondary N) is 1. The fraction of sp³-hybridized carbons (Fsp3) is 0.538. The van der Waals surface area contributed by atoms with Crippen molar-refractivity contribution in [3.63, 3.8) is 0 Å². The Balaban J connectivity index is 1.85. The van der Waals surface area contributed by atoms with Gasteiger partial charge >= 0.3 is 5.97 Å². The molecule has 0 bridgehead atoms. The lowest BCUT2D eigenvalue weighted by Gasteiger charge is -2.30. The molecule has 0 spiro atoms. The lowest BCUT2D eigenvalue weighted by atomic mass is 9.96. The number of furan rings is 1. The van der Waals surface area contributed by atoms with Gasteiger partial charge in [-0.2, -0.15) is 0 Å². The Morgan fingerprint density at radius 3 is 2.68 bits per heavy atom. The van der Waals surface area contributed by atoms with Crippen LogP contribution in [0, 0.1) is 5.92 Å². The summed E-state index contributed by atoms with van der Waals surface area (Å²) < 4.78 is 5.22. The average Bonchev–Trinajstić information content (AvgIpc) is 2.87. The molecular formula is C13H18N2O4. The van der Waals surface area contributed by atoms with E-state index in [-0.39, 0.29) is 17.4 Å². The third-order valence-electron chi connectivity index (χ3n) is 3.48. The number of aromatic carboxylic acids is 1. The molecule has 0 aliphatic carbocycles. The van der Waals surface area contributed by atoms with Crippen molar-refractivity contribution in [3.8, 4) is 0 Å². The first kappa shape index (κ1) is 13.6. The molecule has 0 radical (unpaired) electrons. The lowest BCUT2D eigenvalue weighted by Crippen LogP contribution is -2.39. The maximum absolute atomic E-state index is 11.5. The fourth-order valence-corrected chi connectivity index (χ4v) is 2.35. The summed E-state index contributed by atoms with van der Waals surface area (Å²) in [7, 11) is 1.66. The van der Waals surface area contributed by atoms with Gasteiger partial charge in [0.05, 0.1) is 12.1 Å². The zero-order valence-electron chi connectivity index (χ0n) is 10.9. The molecule has 19 heavy (non-hydrogen) atoms.